The fourth-order valence-corrected chi connectivity index (χ4v) is 1.25. The summed E-state index contributed by atoms with van der Waals surface area (Å²) in [6.07, 6.45) is 0.698. The van der Waals surface area contributed by atoms with Gasteiger partial charge in [-0.05, 0) is 27.7 Å². The fourth-order valence-electron chi connectivity index (χ4n) is 1.25. The summed E-state index contributed by atoms with van der Waals surface area (Å²) in [4.78, 5) is 15.4. The van der Waals surface area contributed by atoms with Gasteiger partial charge in [-0.1, -0.05) is 0 Å². The van der Waals surface area contributed by atoms with E-state index in [4.69, 9.17) is 4.74 Å². The first-order chi connectivity index (χ1) is 7.92. The third kappa shape index (κ3) is 4.95. The van der Waals surface area contributed by atoms with Crippen molar-refractivity contribution in [2.24, 2.45) is 0 Å². The van der Waals surface area contributed by atoms with Crippen LogP contribution in [0, 0.1) is 0 Å². The predicted molar refractivity (Wildman–Crippen MR) is 63.8 cm³/mol. The van der Waals surface area contributed by atoms with Gasteiger partial charge in [-0.15, -0.1) is 5.10 Å². The van der Waals surface area contributed by atoms with Crippen molar-refractivity contribution >= 4 is 5.97 Å². The van der Waals surface area contributed by atoms with Gasteiger partial charge in [0.25, 0.3) is 5.82 Å². The van der Waals surface area contributed by atoms with Gasteiger partial charge in [-0.3, -0.25) is 5.10 Å². The molecule has 6 nitrogen and oxygen atoms in total. The van der Waals surface area contributed by atoms with Gasteiger partial charge in [-0.2, -0.15) is 0 Å². The lowest BCUT2D eigenvalue weighted by atomic mass is 10.1. The Labute approximate surface area is 101 Å². The van der Waals surface area contributed by atoms with E-state index < -0.39 is 5.97 Å². The SMILES string of the molecule is CCOC(=O)c1n[nH]c(CCNC(C)(C)C)n1. The van der Waals surface area contributed by atoms with E-state index in [1.54, 1.807) is 6.92 Å². The van der Waals surface area contributed by atoms with Crippen molar-refractivity contribution in [3.8, 4) is 0 Å². The molecule has 6 heteroatoms. The van der Waals surface area contributed by atoms with Crippen LogP contribution in [0.5, 0.6) is 0 Å². The van der Waals surface area contributed by atoms with Crippen molar-refractivity contribution in [1.29, 1.82) is 0 Å². The van der Waals surface area contributed by atoms with Crippen LogP contribution in [0.2, 0.25) is 0 Å². The van der Waals surface area contributed by atoms with E-state index in [0.717, 1.165) is 6.54 Å². The summed E-state index contributed by atoms with van der Waals surface area (Å²) in [6, 6.07) is 0. The number of esters is 1. The molecule has 1 aromatic heterocycles. The minimum atomic E-state index is -0.487. The van der Waals surface area contributed by atoms with Crippen LogP contribution in [-0.2, 0) is 11.2 Å². The van der Waals surface area contributed by atoms with Gasteiger partial charge in [-0.25, -0.2) is 9.78 Å². The van der Waals surface area contributed by atoms with Gasteiger partial charge in [0.05, 0.1) is 6.61 Å². The second-order valence-corrected chi connectivity index (χ2v) is 4.75. The van der Waals surface area contributed by atoms with Crippen molar-refractivity contribution in [3.63, 3.8) is 0 Å². The number of nitrogens with zero attached hydrogens (tertiary/aromatic N) is 2. The minimum absolute atomic E-state index is 0.0734. The van der Waals surface area contributed by atoms with Crippen LogP contribution in [0.3, 0.4) is 0 Å². The number of hydrogen-bond donors (Lipinski definition) is 2. The average Bonchev–Trinajstić information content (AvgIpc) is 2.65. The van der Waals surface area contributed by atoms with Crippen LogP contribution in [0.4, 0.5) is 0 Å². The van der Waals surface area contributed by atoms with Crippen molar-refractivity contribution in [2.45, 2.75) is 39.7 Å². The molecule has 2 N–H and O–H groups in total. The van der Waals surface area contributed by atoms with Gasteiger partial charge >= 0.3 is 5.97 Å². The van der Waals surface area contributed by atoms with Gasteiger partial charge in [0.2, 0.25) is 0 Å². The number of ether oxygens (including phenoxy) is 1. The van der Waals surface area contributed by atoms with E-state index in [1.807, 2.05) is 0 Å². The highest BCUT2D eigenvalue weighted by Gasteiger charge is 2.14. The van der Waals surface area contributed by atoms with Gasteiger partial charge in [0, 0.05) is 18.5 Å². The second-order valence-electron chi connectivity index (χ2n) is 4.75. The Bertz CT molecular complexity index is 368. The fraction of sp³-hybridized carbons (Fsp3) is 0.727. The standard InChI is InChI=1S/C11H20N4O2/c1-5-17-10(16)9-13-8(14-15-9)6-7-12-11(2,3)4/h12H,5-7H2,1-4H3,(H,13,14,15). The van der Waals surface area contributed by atoms with Crippen LogP contribution in [0.25, 0.3) is 0 Å². The molecule has 0 spiro atoms. The minimum Gasteiger partial charge on any atom is -0.460 e. The summed E-state index contributed by atoms with van der Waals surface area (Å²) in [5, 5.41) is 9.87. The average molecular weight is 240 g/mol. The number of nitrogens with one attached hydrogen (secondary N) is 2. The number of rotatable bonds is 5. The quantitative estimate of drug-likeness (QED) is 0.748. The Morgan fingerprint density at radius 3 is 2.76 bits per heavy atom. The smallest absolute Gasteiger partial charge is 0.378 e. The van der Waals surface area contributed by atoms with Gasteiger partial charge < -0.3 is 10.1 Å². The Morgan fingerprint density at radius 2 is 2.18 bits per heavy atom. The third-order valence-corrected chi connectivity index (χ3v) is 2.01. The van der Waals surface area contributed by atoms with Crippen LogP contribution in [0.15, 0.2) is 0 Å². The molecule has 0 amide bonds. The number of H-pyrrole nitrogens is 1. The van der Waals surface area contributed by atoms with Crippen molar-refractivity contribution < 1.29 is 9.53 Å². The van der Waals surface area contributed by atoms with E-state index in [9.17, 15) is 4.79 Å². The first-order valence-electron chi connectivity index (χ1n) is 5.76. The van der Waals surface area contributed by atoms with Crippen LogP contribution in [-0.4, -0.2) is 39.8 Å². The Balaban J connectivity index is 2.43. The second kappa shape index (κ2) is 5.77. The van der Waals surface area contributed by atoms with Crippen LogP contribution < -0.4 is 5.32 Å². The summed E-state index contributed by atoms with van der Waals surface area (Å²) < 4.78 is 4.80. The molecule has 0 bridgehead atoms. The maximum atomic E-state index is 11.3. The molecule has 0 aliphatic heterocycles. The normalized spacial score (nSPS) is 11.5. The number of carbonyl (C=O) groups excluding carboxylic acids is 1. The predicted octanol–water partition coefficient (Wildman–Crippen LogP) is 0.912. The van der Waals surface area contributed by atoms with E-state index in [-0.39, 0.29) is 11.4 Å². The molecule has 0 aliphatic rings. The molecular formula is C11H20N4O2. The largest absolute Gasteiger partial charge is 0.460 e. The topological polar surface area (TPSA) is 79.9 Å². The lowest BCUT2D eigenvalue weighted by Gasteiger charge is -2.19. The molecule has 1 heterocycles. The number of carbonyl (C=O) groups is 1. The molecule has 1 aromatic rings. The summed E-state index contributed by atoms with van der Waals surface area (Å²) in [6.45, 7) is 9.14. The van der Waals surface area contributed by atoms with E-state index in [1.165, 1.54) is 0 Å². The maximum absolute atomic E-state index is 11.3. The Hall–Kier alpha value is -1.43. The third-order valence-electron chi connectivity index (χ3n) is 2.01. The van der Waals surface area contributed by atoms with Crippen molar-refractivity contribution in [3.05, 3.63) is 11.6 Å². The van der Waals surface area contributed by atoms with Gasteiger partial charge in [0.15, 0.2) is 0 Å². The molecule has 0 saturated carbocycles. The lowest BCUT2D eigenvalue weighted by Crippen LogP contribution is -2.37. The van der Waals surface area contributed by atoms with Crippen LogP contribution >= 0.6 is 0 Å². The monoisotopic (exact) mass is 240 g/mol. The highest BCUT2D eigenvalue weighted by molar-refractivity contribution is 5.84. The first kappa shape index (κ1) is 13.6. The van der Waals surface area contributed by atoms with Crippen molar-refractivity contribution in [2.75, 3.05) is 13.2 Å². The summed E-state index contributed by atoms with van der Waals surface area (Å²) in [5.74, 6) is 0.293. The molecule has 0 aliphatic carbocycles. The molecule has 96 valence electrons. The van der Waals surface area contributed by atoms with Crippen LogP contribution in [0.1, 0.15) is 44.1 Å². The summed E-state index contributed by atoms with van der Waals surface area (Å²) >= 11 is 0. The molecule has 0 unspecified atom stereocenters. The number of aromatic amines is 1. The Morgan fingerprint density at radius 1 is 1.47 bits per heavy atom. The molecule has 0 aromatic carbocycles. The molecule has 0 fully saturated rings. The molecule has 0 atom stereocenters. The Kier molecular flexibility index (Phi) is 4.62. The molecule has 0 saturated heterocycles. The zero-order chi connectivity index (χ0) is 12.9. The lowest BCUT2D eigenvalue weighted by molar-refractivity contribution is 0.0512. The number of aromatic nitrogens is 3. The number of hydrogen-bond acceptors (Lipinski definition) is 5. The summed E-state index contributed by atoms with van der Waals surface area (Å²) in [5.41, 5.74) is 0.0734. The maximum Gasteiger partial charge on any atom is 0.378 e. The highest BCUT2D eigenvalue weighted by atomic mass is 16.5. The first-order valence-corrected chi connectivity index (χ1v) is 5.76. The zero-order valence-corrected chi connectivity index (χ0v) is 10.8. The summed E-state index contributed by atoms with van der Waals surface area (Å²) in [7, 11) is 0. The molecular weight excluding hydrogens is 220 g/mol. The molecule has 1 rings (SSSR count). The zero-order valence-electron chi connectivity index (χ0n) is 10.8. The molecule has 0 radical (unpaired) electrons. The van der Waals surface area contributed by atoms with Crippen molar-refractivity contribution in [1.82, 2.24) is 20.5 Å². The van der Waals surface area contributed by atoms with Gasteiger partial charge in [0.1, 0.15) is 5.82 Å². The van der Waals surface area contributed by atoms with E-state index in [0.29, 0.717) is 18.9 Å². The molecule has 17 heavy (non-hydrogen) atoms. The van der Waals surface area contributed by atoms with E-state index >= 15 is 0 Å². The van der Waals surface area contributed by atoms with E-state index in [2.05, 4.69) is 41.3 Å². The highest BCUT2D eigenvalue weighted by Crippen LogP contribution is 2.00.